The average Bonchev–Trinajstić information content (AvgIpc) is 2.71. The second-order valence-corrected chi connectivity index (χ2v) is 6.78. The van der Waals surface area contributed by atoms with E-state index in [0.29, 0.717) is 22.3 Å². The van der Waals surface area contributed by atoms with E-state index in [1.807, 2.05) is 12.3 Å². The molecule has 0 radical (unpaired) electrons. The number of hydrogen-bond acceptors (Lipinski definition) is 2. The summed E-state index contributed by atoms with van der Waals surface area (Å²) in [6.07, 6.45) is 7.56. The van der Waals surface area contributed by atoms with Crippen molar-refractivity contribution in [3.63, 3.8) is 0 Å². The Balaban J connectivity index is 2.03. The number of hydrogen-bond donors (Lipinski definition) is 0. The Kier molecular flexibility index (Phi) is 2.32. The second kappa shape index (κ2) is 3.57. The van der Waals surface area contributed by atoms with Gasteiger partial charge >= 0.3 is 0 Å². The van der Waals surface area contributed by atoms with E-state index in [0.717, 1.165) is 5.92 Å². The van der Waals surface area contributed by atoms with Crippen LogP contribution in [0.3, 0.4) is 0 Å². The molecular weight excluding hydrogens is 220 g/mol. The zero-order chi connectivity index (χ0) is 13.0. The van der Waals surface area contributed by atoms with E-state index in [9.17, 15) is 0 Å². The second-order valence-electron chi connectivity index (χ2n) is 6.78. The van der Waals surface area contributed by atoms with Gasteiger partial charge in [-0.3, -0.25) is 4.98 Å². The molecule has 0 N–H and O–H groups in total. The summed E-state index contributed by atoms with van der Waals surface area (Å²) in [6, 6.07) is 4.25. The maximum absolute atomic E-state index is 9.01. The summed E-state index contributed by atoms with van der Waals surface area (Å²) < 4.78 is 0. The third-order valence-electron chi connectivity index (χ3n) is 6.08. The van der Waals surface area contributed by atoms with Crippen molar-refractivity contribution in [1.29, 1.82) is 5.26 Å². The third-order valence-corrected chi connectivity index (χ3v) is 6.08. The largest absolute Gasteiger partial charge is 0.263 e. The van der Waals surface area contributed by atoms with Crippen molar-refractivity contribution >= 4 is 0 Å². The summed E-state index contributed by atoms with van der Waals surface area (Å²) >= 11 is 0. The molecule has 2 nitrogen and oxygen atoms in total. The van der Waals surface area contributed by atoms with Gasteiger partial charge in [-0.2, -0.15) is 5.26 Å². The summed E-state index contributed by atoms with van der Waals surface area (Å²) in [5, 5.41) is 9.01. The van der Waals surface area contributed by atoms with Gasteiger partial charge in [0, 0.05) is 12.4 Å². The topological polar surface area (TPSA) is 36.7 Å². The summed E-state index contributed by atoms with van der Waals surface area (Å²) in [7, 11) is 0. The Labute approximate surface area is 109 Å². The van der Waals surface area contributed by atoms with Crippen molar-refractivity contribution in [3.05, 3.63) is 29.6 Å². The maximum atomic E-state index is 9.01. The number of rotatable bonds is 1. The van der Waals surface area contributed by atoms with Gasteiger partial charge in [0.15, 0.2) is 0 Å². The van der Waals surface area contributed by atoms with Gasteiger partial charge in [-0.25, -0.2) is 0 Å². The Hall–Kier alpha value is -1.36. The number of fused-ring (bicyclic) bond motifs is 2. The predicted molar refractivity (Wildman–Crippen MR) is 70.9 cm³/mol. The van der Waals surface area contributed by atoms with Crippen LogP contribution in [-0.4, -0.2) is 4.98 Å². The van der Waals surface area contributed by atoms with Crippen molar-refractivity contribution in [1.82, 2.24) is 4.98 Å². The fourth-order valence-corrected chi connectivity index (χ4v) is 4.42. The Morgan fingerprint density at radius 2 is 2.11 bits per heavy atom. The van der Waals surface area contributed by atoms with Gasteiger partial charge in [-0.1, -0.05) is 20.8 Å². The molecule has 2 heteroatoms. The lowest BCUT2D eigenvalue weighted by atomic mass is 9.65. The van der Waals surface area contributed by atoms with Crippen LogP contribution in [0.5, 0.6) is 0 Å². The van der Waals surface area contributed by atoms with Crippen LogP contribution < -0.4 is 0 Å². The van der Waals surface area contributed by atoms with Gasteiger partial charge in [0.2, 0.25) is 0 Å². The highest BCUT2D eigenvalue weighted by Gasteiger charge is 2.61. The quantitative estimate of drug-likeness (QED) is 0.746. The van der Waals surface area contributed by atoms with Gasteiger partial charge < -0.3 is 0 Å². The highest BCUT2D eigenvalue weighted by molar-refractivity contribution is 5.34. The van der Waals surface area contributed by atoms with Crippen molar-refractivity contribution in [2.45, 2.75) is 46.0 Å². The Bertz CT molecular complexity index is 526. The summed E-state index contributed by atoms with van der Waals surface area (Å²) in [4.78, 5) is 4.24. The van der Waals surface area contributed by atoms with E-state index in [4.69, 9.17) is 5.26 Å². The lowest BCUT2D eigenvalue weighted by Gasteiger charge is -2.39. The zero-order valence-electron chi connectivity index (χ0n) is 11.4. The number of pyridine rings is 1. The average molecular weight is 240 g/mol. The molecule has 1 aromatic heterocycles. The minimum atomic E-state index is 0.368. The van der Waals surface area contributed by atoms with Gasteiger partial charge in [0.05, 0.1) is 5.56 Å². The molecule has 2 aliphatic rings. The zero-order valence-corrected chi connectivity index (χ0v) is 11.4. The predicted octanol–water partition coefficient (Wildman–Crippen LogP) is 3.88. The summed E-state index contributed by atoms with van der Waals surface area (Å²) in [6.45, 7) is 7.28. The molecular formula is C16H20N2. The monoisotopic (exact) mass is 240 g/mol. The van der Waals surface area contributed by atoms with E-state index >= 15 is 0 Å². The van der Waals surface area contributed by atoms with Crippen LogP contribution in [0.2, 0.25) is 0 Å². The van der Waals surface area contributed by atoms with E-state index in [2.05, 4.69) is 31.8 Å². The molecule has 94 valence electrons. The minimum absolute atomic E-state index is 0.368. The van der Waals surface area contributed by atoms with Gasteiger partial charge in [-0.05, 0) is 53.6 Å². The lowest BCUT2D eigenvalue weighted by Crippen LogP contribution is -2.31. The van der Waals surface area contributed by atoms with E-state index < -0.39 is 0 Å². The van der Waals surface area contributed by atoms with Crippen molar-refractivity contribution in [2.24, 2.45) is 16.7 Å². The van der Waals surface area contributed by atoms with Crippen molar-refractivity contribution in [2.75, 3.05) is 0 Å². The smallest absolute Gasteiger partial charge is 0.101 e. The molecule has 2 saturated carbocycles. The van der Waals surface area contributed by atoms with E-state index in [1.165, 1.54) is 24.8 Å². The Morgan fingerprint density at radius 3 is 2.67 bits per heavy atom. The van der Waals surface area contributed by atoms with Crippen LogP contribution >= 0.6 is 0 Å². The first kappa shape index (κ1) is 11.7. The first-order valence-electron chi connectivity index (χ1n) is 6.84. The van der Waals surface area contributed by atoms with Gasteiger partial charge in [-0.15, -0.1) is 0 Å². The number of nitrogens with zero attached hydrogens (tertiary/aromatic N) is 2. The SMILES string of the molecule is CC1(C)[C@H]2CC[C@@]1(C)[C@@H](c1cncc(C#N)c1)C2. The molecule has 0 aliphatic heterocycles. The molecule has 3 atom stereocenters. The molecule has 0 spiro atoms. The minimum Gasteiger partial charge on any atom is -0.263 e. The Morgan fingerprint density at radius 1 is 1.33 bits per heavy atom. The van der Waals surface area contributed by atoms with Crippen LogP contribution in [-0.2, 0) is 0 Å². The number of aromatic nitrogens is 1. The lowest BCUT2D eigenvalue weighted by molar-refractivity contribution is 0.134. The van der Waals surface area contributed by atoms with Gasteiger partial charge in [0.25, 0.3) is 0 Å². The van der Waals surface area contributed by atoms with E-state index in [-0.39, 0.29) is 0 Å². The molecule has 2 aliphatic carbocycles. The number of nitriles is 1. The van der Waals surface area contributed by atoms with Crippen molar-refractivity contribution in [3.8, 4) is 6.07 Å². The highest BCUT2D eigenvalue weighted by atomic mass is 14.7. The van der Waals surface area contributed by atoms with Crippen LogP contribution in [0.25, 0.3) is 0 Å². The standard InChI is InChI=1S/C16H20N2/c1-15(2)13-4-5-16(15,3)14(7-13)12-6-11(8-17)9-18-10-12/h6,9-10,13-14H,4-5,7H2,1-3H3/t13-,14+,16-/m0/s1. The fourth-order valence-electron chi connectivity index (χ4n) is 4.42. The first-order valence-corrected chi connectivity index (χ1v) is 6.84. The van der Waals surface area contributed by atoms with Crippen molar-refractivity contribution < 1.29 is 0 Å². The van der Waals surface area contributed by atoms with Crippen LogP contribution in [0.1, 0.15) is 57.1 Å². The molecule has 0 unspecified atom stereocenters. The summed E-state index contributed by atoms with van der Waals surface area (Å²) in [5.41, 5.74) is 2.75. The molecule has 0 amide bonds. The fraction of sp³-hybridized carbons (Fsp3) is 0.625. The maximum Gasteiger partial charge on any atom is 0.101 e. The molecule has 1 heterocycles. The van der Waals surface area contributed by atoms with Gasteiger partial charge in [0.1, 0.15) is 6.07 Å². The normalized spacial score (nSPS) is 36.6. The first-order chi connectivity index (χ1) is 8.49. The van der Waals surface area contributed by atoms with Crippen LogP contribution in [0, 0.1) is 28.1 Å². The molecule has 18 heavy (non-hydrogen) atoms. The highest BCUT2D eigenvalue weighted by Crippen LogP contribution is 2.70. The van der Waals surface area contributed by atoms with Crippen LogP contribution in [0.15, 0.2) is 18.5 Å². The molecule has 1 aromatic rings. The molecule has 3 rings (SSSR count). The molecule has 0 saturated heterocycles. The molecule has 0 aromatic carbocycles. The third kappa shape index (κ3) is 1.31. The summed E-state index contributed by atoms with van der Waals surface area (Å²) in [5.74, 6) is 1.41. The van der Waals surface area contributed by atoms with E-state index in [1.54, 1.807) is 6.20 Å². The molecule has 2 fully saturated rings. The van der Waals surface area contributed by atoms with Crippen LogP contribution in [0.4, 0.5) is 0 Å². The molecule has 2 bridgehead atoms.